The maximum atomic E-state index is 6.53. The highest BCUT2D eigenvalue weighted by Gasteiger charge is 2.41. The van der Waals surface area contributed by atoms with Gasteiger partial charge in [0.15, 0.2) is 0 Å². The van der Waals surface area contributed by atoms with Crippen LogP contribution < -0.4 is 4.74 Å². The second-order valence-electron chi connectivity index (χ2n) is 7.20. The molecule has 3 heterocycles. The largest absolute Gasteiger partial charge is 0.464 e. The van der Waals surface area contributed by atoms with Crippen LogP contribution in [0.5, 0.6) is 5.75 Å². The normalized spacial score (nSPS) is 20.4. The van der Waals surface area contributed by atoms with Gasteiger partial charge >= 0.3 is 0 Å². The average molecular weight is 382 g/mol. The van der Waals surface area contributed by atoms with Crippen molar-refractivity contribution in [3.63, 3.8) is 0 Å². The molecule has 0 radical (unpaired) electrons. The molecule has 1 aromatic heterocycles. The van der Waals surface area contributed by atoms with Gasteiger partial charge in [-0.15, -0.1) is 11.3 Å². The van der Waals surface area contributed by atoms with E-state index in [1.165, 1.54) is 21.2 Å². The molecule has 2 aliphatic rings. The van der Waals surface area contributed by atoms with Crippen LogP contribution in [0.4, 0.5) is 0 Å². The Kier molecular flexibility index (Phi) is 3.53. The Bertz CT molecular complexity index is 1190. The van der Waals surface area contributed by atoms with Crippen LogP contribution in [0.2, 0.25) is 0 Å². The van der Waals surface area contributed by atoms with Crippen LogP contribution in [0.25, 0.3) is 10.8 Å². The van der Waals surface area contributed by atoms with E-state index in [4.69, 9.17) is 9.84 Å². The number of ether oxygens (including phenoxy) is 1. The Balaban J connectivity index is 1.53. The maximum absolute atomic E-state index is 6.53. The fourth-order valence-electron chi connectivity index (χ4n) is 4.30. The highest BCUT2D eigenvalue weighted by Crippen LogP contribution is 2.48. The molecule has 0 bridgehead atoms. The van der Waals surface area contributed by atoms with Crippen molar-refractivity contribution in [1.29, 1.82) is 0 Å². The zero-order chi connectivity index (χ0) is 18.5. The van der Waals surface area contributed by atoms with Crippen molar-refractivity contribution < 1.29 is 4.74 Å². The van der Waals surface area contributed by atoms with Crippen LogP contribution in [-0.2, 0) is 0 Å². The van der Waals surface area contributed by atoms with E-state index in [1.54, 1.807) is 11.3 Å². The second kappa shape index (κ2) is 6.21. The zero-order valence-corrected chi connectivity index (χ0v) is 16.0. The highest BCUT2D eigenvalue weighted by molar-refractivity contribution is 7.12. The molecule has 0 aliphatic carbocycles. The lowest BCUT2D eigenvalue weighted by Crippen LogP contribution is -2.33. The number of thiophene rings is 1. The summed E-state index contributed by atoms with van der Waals surface area (Å²) in [4.78, 5) is 1.24. The minimum Gasteiger partial charge on any atom is -0.464 e. The van der Waals surface area contributed by atoms with E-state index in [2.05, 4.69) is 83.2 Å². The summed E-state index contributed by atoms with van der Waals surface area (Å²) in [5.41, 5.74) is 3.52. The molecule has 0 N–H and O–H groups in total. The maximum Gasteiger partial charge on any atom is 0.214 e. The number of fused-ring (bicyclic) bond motifs is 4. The van der Waals surface area contributed by atoms with Crippen LogP contribution in [0, 0.1) is 0 Å². The van der Waals surface area contributed by atoms with Gasteiger partial charge in [0.05, 0.1) is 16.6 Å². The van der Waals surface area contributed by atoms with E-state index < -0.39 is 0 Å². The molecule has 4 aromatic rings. The van der Waals surface area contributed by atoms with Gasteiger partial charge in [-0.2, -0.15) is 5.10 Å². The van der Waals surface area contributed by atoms with Gasteiger partial charge in [-0.25, -0.2) is 5.01 Å². The lowest BCUT2D eigenvalue weighted by atomic mass is 9.96. The van der Waals surface area contributed by atoms with Gasteiger partial charge in [0.1, 0.15) is 5.75 Å². The first kappa shape index (κ1) is 15.9. The van der Waals surface area contributed by atoms with E-state index in [-0.39, 0.29) is 12.3 Å². The van der Waals surface area contributed by atoms with E-state index in [9.17, 15) is 0 Å². The van der Waals surface area contributed by atoms with Gasteiger partial charge < -0.3 is 4.74 Å². The predicted octanol–water partition coefficient (Wildman–Crippen LogP) is 6.14. The van der Waals surface area contributed by atoms with Crippen LogP contribution in [0.15, 0.2) is 89.3 Å². The van der Waals surface area contributed by atoms with E-state index in [0.717, 1.165) is 23.4 Å². The molecule has 6 rings (SSSR count). The molecule has 136 valence electrons. The molecule has 2 aliphatic heterocycles. The van der Waals surface area contributed by atoms with Crippen LogP contribution in [-0.4, -0.2) is 10.7 Å². The molecule has 4 heteroatoms. The van der Waals surface area contributed by atoms with Crippen molar-refractivity contribution in [2.75, 3.05) is 0 Å². The molecular weight excluding hydrogens is 364 g/mol. The second-order valence-corrected chi connectivity index (χ2v) is 8.15. The number of nitrogens with zero attached hydrogens (tertiary/aromatic N) is 2. The minimum atomic E-state index is -0.233. The Morgan fingerprint density at radius 3 is 2.61 bits per heavy atom. The molecule has 0 saturated carbocycles. The van der Waals surface area contributed by atoms with Gasteiger partial charge in [-0.05, 0) is 28.3 Å². The third-order valence-corrected chi connectivity index (χ3v) is 6.51. The van der Waals surface area contributed by atoms with Gasteiger partial charge in [0.25, 0.3) is 0 Å². The van der Waals surface area contributed by atoms with E-state index in [1.807, 2.05) is 6.07 Å². The topological polar surface area (TPSA) is 24.8 Å². The first-order valence-electron chi connectivity index (χ1n) is 9.51. The number of para-hydroxylation sites is 1. The first-order valence-corrected chi connectivity index (χ1v) is 10.4. The molecule has 0 spiro atoms. The Hall–Kier alpha value is -3.11. The molecule has 3 nitrogen and oxygen atoms in total. The number of rotatable bonds is 2. The summed E-state index contributed by atoms with van der Waals surface area (Å²) in [6.45, 7) is 0. The van der Waals surface area contributed by atoms with Crippen LogP contribution in [0.1, 0.15) is 34.7 Å². The fourth-order valence-corrected chi connectivity index (χ4v) is 5.02. The van der Waals surface area contributed by atoms with Gasteiger partial charge in [0, 0.05) is 17.5 Å². The first-order chi connectivity index (χ1) is 13.9. The number of benzene rings is 3. The van der Waals surface area contributed by atoms with Crippen molar-refractivity contribution in [3.05, 3.63) is 100 Å². The predicted molar refractivity (Wildman–Crippen MR) is 114 cm³/mol. The van der Waals surface area contributed by atoms with Gasteiger partial charge in [0.2, 0.25) is 6.23 Å². The monoisotopic (exact) mass is 382 g/mol. The quantitative estimate of drug-likeness (QED) is 0.416. The summed E-state index contributed by atoms with van der Waals surface area (Å²) in [7, 11) is 0. The summed E-state index contributed by atoms with van der Waals surface area (Å²) >= 11 is 1.75. The number of hydrogen-bond donors (Lipinski definition) is 0. The SMILES string of the molecule is c1csc(C2=NN3[C@H](C2)c2ccccc2O[C@@H]3c2cccc3ccccc23)c1. The average Bonchev–Trinajstić information content (AvgIpc) is 3.43. The summed E-state index contributed by atoms with van der Waals surface area (Å²) < 4.78 is 6.53. The number of hydrazone groups is 1. The summed E-state index contributed by atoms with van der Waals surface area (Å²) in [5.74, 6) is 0.962. The van der Waals surface area contributed by atoms with Crippen molar-refractivity contribution in [1.82, 2.24) is 5.01 Å². The summed E-state index contributed by atoms with van der Waals surface area (Å²) in [6, 6.07) is 27.7. The molecule has 3 aromatic carbocycles. The Labute approximate surface area is 167 Å². The van der Waals surface area contributed by atoms with Gasteiger partial charge in [-0.3, -0.25) is 0 Å². The van der Waals surface area contributed by atoms with Crippen molar-refractivity contribution in [2.45, 2.75) is 18.7 Å². The van der Waals surface area contributed by atoms with E-state index >= 15 is 0 Å². The smallest absolute Gasteiger partial charge is 0.214 e. The summed E-state index contributed by atoms with van der Waals surface area (Å²) in [5, 5.41) is 11.8. The number of hydrogen-bond acceptors (Lipinski definition) is 4. The highest BCUT2D eigenvalue weighted by atomic mass is 32.1. The zero-order valence-electron chi connectivity index (χ0n) is 15.2. The Morgan fingerprint density at radius 2 is 1.68 bits per heavy atom. The lowest BCUT2D eigenvalue weighted by Gasteiger charge is -2.38. The molecule has 0 unspecified atom stereocenters. The van der Waals surface area contributed by atoms with Crippen molar-refractivity contribution in [2.24, 2.45) is 5.10 Å². The molecule has 0 fully saturated rings. The van der Waals surface area contributed by atoms with Crippen molar-refractivity contribution >= 4 is 27.8 Å². The minimum absolute atomic E-state index is 0.200. The third kappa shape index (κ3) is 2.38. The third-order valence-electron chi connectivity index (χ3n) is 5.59. The summed E-state index contributed by atoms with van der Waals surface area (Å²) in [6.07, 6.45) is 0.672. The molecular formula is C24H18N2OS. The molecule has 0 saturated heterocycles. The van der Waals surface area contributed by atoms with Crippen LogP contribution in [0.3, 0.4) is 0 Å². The lowest BCUT2D eigenvalue weighted by molar-refractivity contribution is -0.0180. The standard InChI is InChI=1S/C24H18N2OS/c1-2-9-17-16(7-1)8-5-11-18(17)24-26-21(19-10-3-4-12-22(19)27-24)15-20(25-26)23-13-6-14-28-23/h1-14,21,24H,15H2/t21-,24-/m1/s1. The molecule has 0 amide bonds. The van der Waals surface area contributed by atoms with Gasteiger partial charge in [-0.1, -0.05) is 66.7 Å². The molecule has 2 atom stereocenters. The fraction of sp³-hybridized carbons (Fsp3) is 0.125. The van der Waals surface area contributed by atoms with Crippen LogP contribution >= 0.6 is 11.3 Å². The van der Waals surface area contributed by atoms with Crippen molar-refractivity contribution in [3.8, 4) is 5.75 Å². The Morgan fingerprint density at radius 1 is 0.857 bits per heavy atom. The van der Waals surface area contributed by atoms with E-state index in [0.29, 0.717) is 0 Å². The molecule has 28 heavy (non-hydrogen) atoms.